The van der Waals surface area contributed by atoms with Crippen molar-refractivity contribution in [1.29, 1.82) is 0 Å². The molecule has 3 rings (SSSR count). The Morgan fingerprint density at radius 1 is 1.04 bits per heavy atom. The zero-order chi connectivity index (χ0) is 19.2. The Labute approximate surface area is 167 Å². The molecule has 1 saturated heterocycles. The molecule has 2 aromatic rings. The number of hydrogen-bond acceptors (Lipinski definition) is 2. The van der Waals surface area contributed by atoms with Gasteiger partial charge in [0.1, 0.15) is 0 Å². The molecule has 0 N–H and O–H groups in total. The highest BCUT2D eigenvalue weighted by atomic mass is 35.5. The predicted octanol–water partition coefficient (Wildman–Crippen LogP) is 4.70. The van der Waals surface area contributed by atoms with Crippen LogP contribution < -0.4 is 0 Å². The summed E-state index contributed by atoms with van der Waals surface area (Å²) in [5, 5.41) is 0.703. The minimum Gasteiger partial charge on any atom is -0.335 e. The lowest BCUT2D eigenvalue weighted by Crippen LogP contribution is -2.47. The summed E-state index contributed by atoms with van der Waals surface area (Å²) in [5.74, 6) is 0.202. The lowest BCUT2D eigenvalue weighted by molar-refractivity contribution is -0.134. The Kier molecular flexibility index (Phi) is 6.92. The van der Waals surface area contributed by atoms with E-state index in [1.54, 1.807) is 0 Å². The molecule has 1 amide bonds. The first-order valence-electron chi connectivity index (χ1n) is 9.87. The van der Waals surface area contributed by atoms with Crippen molar-refractivity contribution in [3.05, 3.63) is 70.2 Å². The maximum atomic E-state index is 13.2. The highest BCUT2D eigenvalue weighted by Crippen LogP contribution is 2.21. The number of hydrogen-bond donors (Lipinski definition) is 0. The van der Waals surface area contributed by atoms with Gasteiger partial charge >= 0.3 is 0 Å². The smallest absolute Gasteiger partial charge is 0.227 e. The van der Waals surface area contributed by atoms with E-state index in [9.17, 15) is 4.79 Å². The van der Waals surface area contributed by atoms with Crippen LogP contribution in [0.25, 0.3) is 0 Å². The molecule has 1 aliphatic heterocycles. The van der Waals surface area contributed by atoms with Crippen molar-refractivity contribution in [2.45, 2.75) is 45.7 Å². The van der Waals surface area contributed by atoms with Crippen molar-refractivity contribution in [2.75, 3.05) is 19.6 Å². The monoisotopic (exact) mass is 384 g/mol. The third-order valence-electron chi connectivity index (χ3n) is 5.51. The first kappa shape index (κ1) is 19.9. The van der Waals surface area contributed by atoms with Gasteiger partial charge in [0, 0.05) is 30.7 Å². The molecule has 0 unspecified atom stereocenters. The molecule has 1 fully saturated rings. The summed E-state index contributed by atoms with van der Waals surface area (Å²) < 4.78 is 0. The van der Waals surface area contributed by atoms with E-state index in [2.05, 4.69) is 47.9 Å². The largest absolute Gasteiger partial charge is 0.335 e. The fourth-order valence-corrected chi connectivity index (χ4v) is 3.86. The van der Waals surface area contributed by atoms with Crippen LogP contribution in [0.4, 0.5) is 0 Å². The zero-order valence-corrected chi connectivity index (χ0v) is 17.1. The molecule has 27 heavy (non-hydrogen) atoms. The number of piperidine rings is 1. The summed E-state index contributed by atoms with van der Waals surface area (Å²) in [6, 6.07) is 16.4. The molecule has 144 valence electrons. The lowest BCUT2D eigenvalue weighted by atomic mass is 10.0. The second-order valence-electron chi connectivity index (χ2n) is 7.48. The molecule has 0 aliphatic carbocycles. The number of halogens is 1. The number of carbonyl (C=O) groups is 1. The normalized spacial score (nSPS) is 15.7. The van der Waals surface area contributed by atoms with Gasteiger partial charge in [-0.1, -0.05) is 60.5 Å². The summed E-state index contributed by atoms with van der Waals surface area (Å²) in [4.78, 5) is 17.8. The number of benzene rings is 2. The molecule has 2 aromatic carbocycles. The van der Waals surface area contributed by atoms with Crippen LogP contribution in [0.15, 0.2) is 48.5 Å². The molecular weight excluding hydrogens is 356 g/mol. The Bertz CT molecular complexity index is 734. The zero-order valence-electron chi connectivity index (χ0n) is 16.3. The number of carbonyl (C=O) groups excluding carboxylic acids is 1. The summed E-state index contributed by atoms with van der Waals surface area (Å²) in [6.07, 6.45) is 2.52. The SMILES string of the molecule is CCN1CCC(N(Cc2ccc(C)cc2)C(=O)Cc2ccc(Cl)cc2)CC1. The Balaban J connectivity index is 1.74. The second kappa shape index (κ2) is 9.38. The molecule has 4 heteroatoms. The molecule has 1 heterocycles. The minimum absolute atomic E-state index is 0.202. The standard InChI is InChI=1S/C23H29ClN2O/c1-3-25-14-12-22(13-15-25)26(17-20-6-4-18(2)5-7-20)23(27)16-19-8-10-21(24)11-9-19/h4-11,22H,3,12-17H2,1-2H3. The van der Waals surface area contributed by atoms with Gasteiger partial charge in [0.25, 0.3) is 0 Å². The van der Waals surface area contributed by atoms with Gasteiger partial charge in [-0.3, -0.25) is 4.79 Å². The molecule has 0 spiro atoms. The molecule has 0 bridgehead atoms. The van der Waals surface area contributed by atoms with Crippen LogP contribution in [0.5, 0.6) is 0 Å². The quantitative estimate of drug-likeness (QED) is 0.720. The van der Waals surface area contributed by atoms with E-state index in [4.69, 9.17) is 11.6 Å². The van der Waals surface area contributed by atoms with Crippen molar-refractivity contribution < 1.29 is 4.79 Å². The van der Waals surface area contributed by atoms with Gasteiger partial charge in [-0.2, -0.15) is 0 Å². The van der Waals surface area contributed by atoms with Crippen molar-refractivity contribution >= 4 is 17.5 Å². The highest BCUT2D eigenvalue weighted by molar-refractivity contribution is 6.30. The van der Waals surface area contributed by atoms with Gasteiger partial charge in [-0.05, 0) is 49.6 Å². The third-order valence-corrected chi connectivity index (χ3v) is 5.76. The molecule has 0 radical (unpaired) electrons. The number of nitrogens with zero attached hydrogens (tertiary/aromatic N) is 2. The van der Waals surface area contributed by atoms with Crippen LogP contribution in [-0.2, 0) is 17.8 Å². The molecule has 3 nitrogen and oxygen atoms in total. The maximum absolute atomic E-state index is 13.2. The van der Waals surface area contributed by atoms with Gasteiger partial charge in [0.2, 0.25) is 5.91 Å². The topological polar surface area (TPSA) is 23.6 Å². The summed E-state index contributed by atoms with van der Waals surface area (Å²) in [6.45, 7) is 8.20. The van der Waals surface area contributed by atoms with Gasteiger partial charge in [-0.25, -0.2) is 0 Å². The molecule has 0 atom stereocenters. The van der Waals surface area contributed by atoms with E-state index in [0.29, 0.717) is 24.0 Å². The Morgan fingerprint density at radius 2 is 1.63 bits per heavy atom. The van der Waals surface area contributed by atoms with E-state index in [1.165, 1.54) is 11.1 Å². The van der Waals surface area contributed by atoms with Crippen molar-refractivity contribution in [3.63, 3.8) is 0 Å². The molecule has 0 saturated carbocycles. The van der Waals surface area contributed by atoms with E-state index in [-0.39, 0.29) is 5.91 Å². The van der Waals surface area contributed by atoms with E-state index in [1.807, 2.05) is 24.3 Å². The van der Waals surface area contributed by atoms with Crippen LogP contribution in [0.1, 0.15) is 36.5 Å². The van der Waals surface area contributed by atoms with Crippen molar-refractivity contribution in [3.8, 4) is 0 Å². The van der Waals surface area contributed by atoms with Crippen LogP contribution >= 0.6 is 11.6 Å². The first-order valence-corrected chi connectivity index (χ1v) is 10.2. The Hall–Kier alpha value is -1.84. The van der Waals surface area contributed by atoms with Gasteiger partial charge in [0.05, 0.1) is 6.42 Å². The number of likely N-dealkylation sites (tertiary alicyclic amines) is 1. The summed E-state index contributed by atoms with van der Waals surface area (Å²) in [5.41, 5.74) is 3.46. The summed E-state index contributed by atoms with van der Waals surface area (Å²) in [7, 11) is 0. The van der Waals surface area contributed by atoms with Crippen LogP contribution in [-0.4, -0.2) is 41.4 Å². The third kappa shape index (κ3) is 5.57. The van der Waals surface area contributed by atoms with Gasteiger partial charge in [0.15, 0.2) is 0 Å². The van der Waals surface area contributed by atoms with Crippen molar-refractivity contribution in [2.24, 2.45) is 0 Å². The van der Waals surface area contributed by atoms with Gasteiger partial charge < -0.3 is 9.80 Å². The number of amides is 1. The Morgan fingerprint density at radius 3 is 2.22 bits per heavy atom. The van der Waals surface area contributed by atoms with Crippen molar-refractivity contribution in [1.82, 2.24) is 9.80 Å². The second-order valence-corrected chi connectivity index (χ2v) is 7.91. The minimum atomic E-state index is 0.202. The van der Waals surface area contributed by atoms with Gasteiger partial charge in [-0.15, -0.1) is 0 Å². The van der Waals surface area contributed by atoms with Crippen LogP contribution in [0, 0.1) is 6.92 Å². The van der Waals surface area contributed by atoms with E-state index < -0.39 is 0 Å². The maximum Gasteiger partial charge on any atom is 0.227 e. The number of aryl methyl sites for hydroxylation is 1. The predicted molar refractivity (Wildman–Crippen MR) is 112 cm³/mol. The molecular formula is C23H29ClN2O. The highest BCUT2D eigenvalue weighted by Gasteiger charge is 2.27. The average molecular weight is 385 g/mol. The lowest BCUT2D eigenvalue weighted by Gasteiger charge is -2.38. The average Bonchev–Trinajstić information content (AvgIpc) is 2.69. The van der Waals surface area contributed by atoms with Crippen LogP contribution in [0.2, 0.25) is 5.02 Å². The fraction of sp³-hybridized carbons (Fsp3) is 0.435. The first-order chi connectivity index (χ1) is 13.0. The molecule has 0 aromatic heterocycles. The van der Waals surface area contributed by atoms with E-state index in [0.717, 1.165) is 38.0 Å². The van der Waals surface area contributed by atoms with Crippen LogP contribution in [0.3, 0.4) is 0 Å². The summed E-state index contributed by atoms with van der Waals surface area (Å²) >= 11 is 5.98. The number of rotatable bonds is 6. The molecule has 1 aliphatic rings. The fourth-order valence-electron chi connectivity index (χ4n) is 3.74. The van der Waals surface area contributed by atoms with E-state index >= 15 is 0 Å².